The normalized spacial score (nSPS) is 11.8. The maximum atomic E-state index is 13.3. The van der Waals surface area contributed by atoms with Gasteiger partial charge in [0.1, 0.15) is 11.5 Å². The molecular weight excluding hydrogens is 431 g/mol. The number of fused-ring (bicyclic) bond motifs is 1. The molecule has 8 heteroatoms. The average Bonchev–Trinajstić information content (AvgIpc) is 3.28. The first kappa shape index (κ1) is 22.9. The van der Waals surface area contributed by atoms with Crippen molar-refractivity contribution in [3.05, 3.63) is 95.6 Å². The van der Waals surface area contributed by atoms with Crippen LogP contribution < -0.4 is 16.8 Å². The van der Waals surface area contributed by atoms with Crippen molar-refractivity contribution in [1.82, 2.24) is 14.7 Å². The molecule has 172 valence electrons. The monoisotopic (exact) mass is 456 g/mol. The van der Waals surface area contributed by atoms with Crippen LogP contribution in [-0.4, -0.2) is 34.6 Å². The molecule has 1 amide bonds. The number of imidazole rings is 1. The van der Waals surface area contributed by atoms with Crippen LogP contribution in [0.4, 0.5) is 4.39 Å². The minimum absolute atomic E-state index is 0.141. The van der Waals surface area contributed by atoms with Crippen LogP contribution in [0.2, 0.25) is 0 Å². The van der Waals surface area contributed by atoms with Crippen LogP contribution in [-0.2, 0) is 0 Å². The summed E-state index contributed by atoms with van der Waals surface area (Å²) in [5.74, 6) is -0.492. The summed E-state index contributed by atoms with van der Waals surface area (Å²) >= 11 is 0. The molecule has 0 radical (unpaired) electrons. The summed E-state index contributed by atoms with van der Waals surface area (Å²) in [6.07, 6.45) is 5.54. The lowest BCUT2D eigenvalue weighted by molar-refractivity contribution is 0.0953. The van der Waals surface area contributed by atoms with E-state index in [0.29, 0.717) is 35.5 Å². The lowest BCUT2D eigenvalue weighted by Gasteiger charge is -2.10. The van der Waals surface area contributed by atoms with Crippen LogP contribution in [0.1, 0.15) is 27.9 Å². The smallest absolute Gasteiger partial charge is 0.251 e. The van der Waals surface area contributed by atoms with Crippen molar-refractivity contribution < 1.29 is 9.18 Å². The number of carbonyl (C=O) groups excluding carboxylic acids is 1. The number of hydrogen-bond donors (Lipinski definition) is 4. The number of benzene rings is 2. The summed E-state index contributed by atoms with van der Waals surface area (Å²) in [5.41, 5.74) is 17.0. The molecular formula is C26H25FN6O. The molecule has 2 aromatic carbocycles. The molecule has 0 spiro atoms. The molecule has 0 aliphatic heterocycles. The molecule has 0 saturated carbocycles. The van der Waals surface area contributed by atoms with Crippen LogP contribution in [0.15, 0.2) is 73.1 Å². The topological polar surface area (TPSA) is 122 Å². The number of hydrogen-bond acceptors (Lipinski definition) is 5. The number of rotatable bonds is 8. The third-order valence-corrected chi connectivity index (χ3v) is 5.52. The third kappa shape index (κ3) is 4.72. The average molecular weight is 457 g/mol. The van der Waals surface area contributed by atoms with Crippen LogP contribution in [0.25, 0.3) is 28.2 Å². The van der Waals surface area contributed by atoms with Gasteiger partial charge in [0.15, 0.2) is 0 Å². The van der Waals surface area contributed by atoms with Gasteiger partial charge in [-0.15, -0.1) is 0 Å². The van der Waals surface area contributed by atoms with Gasteiger partial charge in [-0.25, -0.2) is 9.37 Å². The number of halogens is 1. The summed E-state index contributed by atoms with van der Waals surface area (Å²) in [5, 5.41) is 10.8. The Morgan fingerprint density at radius 1 is 1.03 bits per heavy atom. The Bertz CT molecular complexity index is 1360. The molecule has 0 atom stereocenters. The highest BCUT2D eigenvalue weighted by molar-refractivity contribution is 6.17. The van der Waals surface area contributed by atoms with E-state index in [1.165, 1.54) is 18.3 Å². The Hall–Kier alpha value is -4.30. The Kier molecular flexibility index (Phi) is 6.79. The van der Waals surface area contributed by atoms with Gasteiger partial charge in [-0.3, -0.25) is 9.20 Å². The third-order valence-electron chi connectivity index (χ3n) is 5.52. The first-order chi connectivity index (χ1) is 16.5. The molecule has 7 nitrogen and oxygen atoms in total. The van der Waals surface area contributed by atoms with E-state index in [9.17, 15) is 9.18 Å². The number of carbonyl (C=O) groups is 1. The van der Waals surface area contributed by atoms with Gasteiger partial charge in [-0.05, 0) is 67.1 Å². The van der Waals surface area contributed by atoms with Gasteiger partial charge in [0.05, 0.1) is 11.9 Å². The lowest BCUT2D eigenvalue weighted by Crippen LogP contribution is -2.25. The van der Waals surface area contributed by atoms with Gasteiger partial charge in [-0.2, -0.15) is 0 Å². The molecule has 0 unspecified atom stereocenters. The zero-order valence-electron chi connectivity index (χ0n) is 18.5. The largest absolute Gasteiger partial charge is 0.398 e. The first-order valence-corrected chi connectivity index (χ1v) is 10.8. The Morgan fingerprint density at radius 2 is 1.71 bits per heavy atom. The van der Waals surface area contributed by atoms with Gasteiger partial charge < -0.3 is 22.2 Å². The zero-order valence-corrected chi connectivity index (χ0v) is 18.5. The van der Waals surface area contributed by atoms with E-state index in [4.69, 9.17) is 16.9 Å². The SMILES string of the molecule is N=CC(=C(N)c1ccc(F)cc1)c1ccc2ncc(-c3ccc(C(=O)NCCCN)cc3)n2c1. The lowest BCUT2D eigenvalue weighted by atomic mass is 10.0. The number of nitrogens with zero attached hydrogens (tertiary/aromatic N) is 2. The van der Waals surface area contributed by atoms with Crippen molar-refractivity contribution in [3.63, 3.8) is 0 Å². The maximum absolute atomic E-state index is 13.3. The molecule has 0 aliphatic rings. The van der Waals surface area contributed by atoms with Crippen molar-refractivity contribution in [2.24, 2.45) is 11.5 Å². The zero-order chi connectivity index (χ0) is 24.1. The highest BCUT2D eigenvalue weighted by atomic mass is 19.1. The second-order valence-corrected chi connectivity index (χ2v) is 7.74. The van der Waals surface area contributed by atoms with Gasteiger partial charge in [0.2, 0.25) is 0 Å². The highest BCUT2D eigenvalue weighted by Gasteiger charge is 2.12. The van der Waals surface area contributed by atoms with Crippen LogP contribution >= 0.6 is 0 Å². The van der Waals surface area contributed by atoms with Gasteiger partial charge in [0.25, 0.3) is 5.91 Å². The molecule has 6 N–H and O–H groups in total. The fourth-order valence-electron chi connectivity index (χ4n) is 3.65. The van der Waals surface area contributed by atoms with Crippen LogP contribution in [0, 0.1) is 11.2 Å². The Balaban J connectivity index is 1.67. The second kappa shape index (κ2) is 10.1. The van der Waals surface area contributed by atoms with Crippen molar-refractivity contribution >= 4 is 29.0 Å². The van der Waals surface area contributed by atoms with E-state index in [1.807, 2.05) is 34.9 Å². The molecule has 0 aliphatic carbocycles. The van der Waals surface area contributed by atoms with Crippen LogP contribution in [0.3, 0.4) is 0 Å². The van der Waals surface area contributed by atoms with E-state index < -0.39 is 0 Å². The predicted molar refractivity (Wildman–Crippen MR) is 133 cm³/mol. The van der Waals surface area contributed by atoms with E-state index in [0.717, 1.165) is 28.9 Å². The number of allylic oxidation sites excluding steroid dienone is 1. The number of nitrogens with one attached hydrogen (secondary N) is 2. The molecule has 2 heterocycles. The Morgan fingerprint density at radius 3 is 2.38 bits per heavy atom. The second-order valence-electron chi connectivity index (χ2n) is 7.74. The van der Waals surface area contributed by atoms with E-state index in [-0.39, 0.29) is 11.7 Å². The molecule has 2 aromatic heterocycles. The first-order valence-electron chi connectivity index (χ1n) is 10.8. The Labute approximate surface area is 196 Å². The molecule has 4 rings (SSSR count). The standard InChI is InChI=1S/C26H25FN6O/c27-21-9-6-18(7-10-21)25(30)22(14-29)20-8-11-24-32-15-23(33(24)16-20)17-2-4-19(5-3-17)26(34)31-13-1-12-28/h2-11,14-16,29H,1,12-13,28,30H2,(H,31,34). The summed E-state index contributed by atoms with van der Waals surface area (Å²) in [6, 6.07) is 16.8. The highest BCUT2D eigenvalue weighted by Crippen LogP contribution is 2.26. The molecule has 34 heavy (non-hydrogen) atoms. The number of pyridine rings is 1. The fraction of sp³-hybridized carbons (Fsp3) is 0.115. The van der Waals surface area contributed by atoms with E-state index in [2.05, 4.69) is 10.3 Å². The van der Waals surface area contributed by atoms with Crippen molar-refractivity contribution in [2.75, 3.05) is 13.1 Å². The minimum atomic E-state index is -0.350. The minimum Gasteiger partial charge on any atom is -0.398 e. The quantitative estimate of drug-likeness (QED) is 0.238. The van der Waals surface area contributed by atoms with E-state index >= 15 is 0 Å². The number of aromatic nitrogens is 2. The number of amides is 1. The van der Waals surface area contributed by atoms with Gasteiger partial charge >= 0.3 is 0 Å². The summed E-state index contributed by atoms with van der Waals surface area (Å²) in [4.78, 5) is 16.7. The van der Waals surface area contributed by atoms with Gasteiger partial charge in [0, 0.05) is 46.9 Å². The predicted octanol–water partition coefficient (Wildman–Crippen LogP) is 3.70. The molecule has 0 saturated heterocycles. The molecule has 0 fully saturated rings. The van der Waals surface area contributed by atoms with E-state index in [1.54, 1.807) is 30.5 Å². The number of nitrogens with two attached hydrogens (primary N) is 2. The van der Waals surface area contributed by atoms with Crippen molar-refractivity contribution in [2.45, 2.75) is 6.42 Å². The fourth-order valence-corrected chi connectivity index (χ4v) is 3.65. The summed E-state index contributed by atoms with van der Waals surface area (Å²) < 4.78 is 15.2. The van der Waals surface area contributed by atoms with Crippen molar-refractivity contribution in [1.29, 1.82) is 5.41 Å². The van der Waals surface area contributed by atoms with Crippen molar-refractivity contribution in [3.8, 4) is 11.3 Å². The molecule has 0 bridgehead atoms. The maximum Gasteiger partial charge on any atom is 0.251 e. The summed E-state index contributed by atoms with van der Waals surface area (Å²) in [6.45, 7) is 1.07. The van der Waals surface area contributed by atoms with Crippen LogP contribution in [0.5, 0.6) is 0 Å². The van der Waals surface area contributed by atoms with Gasteiger partial charge in [-0.1, -0.05) is 12.1 Å². The summed E-state index contributed by atoms with van der Waals surface area (Å²) in [7, 11) is 0. The molecule has 4 aromatic rings.